The number of anilines is 1. The number of nitrogens with zero attached hydrogens (tertiary/aromatic N) is 2. The fourth-order valence-corrected chi connectivity index (χ4v) is 2.69. The average Bonchev–Trinajstić information content (AvgIpc) is 2.52. The predicted octanol–water partition coefficient (Wildman–Crippen LogP) is 1.93. The number of halogens is 1. The zero-order valence-corrected chi connectivity index (χ0v) is 11.8. The first-order chi connectivity index (χ1) is 8.61. The molecule has 1 fully saturated rings. The van der Waals surface area contributed by atoms with Gasteiger partial charge >= 0.3 is 0 Å². The van der Waals surface area contributed by atoms with E-state index in [4.69, 9.17) is 0 Å². The summed E-state index contributed by atoms with van der Waals surface area (Å²) in [6.45, 7) is 2.02. The van der Waals surface area contributed by atoms with Crippen LogP contribution in [0.5, 0.6) is 0 Å². The summed E-state index contributed by atoms with van der Waals surface area (Å²) in [6.07, 6.45) is 1.76. The van der Waals surface area contributed by atoms with E-state index in [0.717, 1.165) is 36.0 Å². The van der Waals surface area contributed by atoms with Crippen LogP contribution in [-0.2, 0) is 4.79 Å². The number of likely N-dealkylation sites (N-methyl/N-ethyl adjacent to an activating group) is 1. The Hall–Kier alpha value is -1.36. The van der Waals surface area contributed by atoms with Crippen LogP contribution in [0.3, 0.4) is 0 Å². The molecule has 0 aromatic heterocycles. The molecule has 0 radical (unpaired) electrons. The van der Waals surface area contributed by atoms with Crippen molar-refractivity contribution in [3.8, 4) is 0 Å². The molecule has 1 saturated heterocycles. The van der Waals surface area contributed by atoms with E-state index in [1.807, 2.05) is 18.0 Å². The Morgan fingerprint density at radius 3 is 2.78 bits per heavy atom. The SMILES string of the molecule is CN1CCCN(c2ccc(C=O)cc2Br)CC1=O. The van der Waals surface area contributed by atoms with Crippen LogP contribution >= 0.6 is 15.9 Å². The lowest BCUT2D eigenvalue weighted by atomic mass is 10.2. The Labute approximate surface area is 115 Å². The third kappa shape index (κ3) is 2.72. The van der Waals surface area contributed by atoms with Crippen LogP contribution in [0.4, 0.5) is 5.69 Å². The minimum atomic E-state index is 0.124. The monoisotopic (exact) mass is 310 g/mol. The second kappa shape index (κ2) is 5.52. The molecule has 0 N–H and O–H groups in total. The summed E-state index contributed by atoms with van der Waals surface area (Å²) < 4.78 is 0.851. The van der Waals surface area contributed by atoms with Gasteiger partial charge in [0.1, 0.15) is 6.29 Å². The fraction of sp³-hybridized carbons (Fsp3) is 0.385. The number of benzene rings is 1. The second-order valence-corrected chi connectivity index (χ2v) is 5.27. The summed E-state index contributed by atoms with van der Waals surface area (Å²) in [4.78, 5) is 26.3. The number of hydrogen-bond acceptors (Lipinski definition) is 3. The number of hydrogen-bond donors (Lipinski definition) is 0. The molecule has 1 heterocycles. The maximum atomic E-state index is 11.8. The van der Waals surface area contributed by atoms with E-state index in [-0.39, 0.29) is 5.91 Å². The molecule has 4 nitrogen and oxygen atoms in total. The summed E-state index contributed by atoms with van der Waals surface area (Å²) in [5, 5.41) is 0. The van der Waals surface area contributed by atoms with Crippen molar-refractivity contribution in [1.29, 1.82) is 0 Å². The highest BCUT2D eigenvalue weighted by Gasteiger charge is 2.20. The molecule has 0 unspecified atom stereocenters. The lowest BCUT2D eigenvalue weighted by molar-refractivity contribution is -0.127. The zero-order chi connectivity index (χ0) is 13.1. The van der Waals surface area contributed by atoms with E-state index >= 15 is 0 Å². The van der Waals surface area contributed by atoms with Gasteiger partial charge in [-0.15, -0.1) is 0 Å². The Kier molecular flexibility index (Phi) is 4.01. The Balaban J connectivity index is 2.25. The molecule has 1 aliphatic rings. The van der Waals surface area contributed by atoms with Crippen molar-refractivity contribution in [2.24, 2.45) is 0 Å². The highest BCUT2D eigenvalue weighted by atomic mass is 79.9. The van der Waals surface area contributed by atoms with E-state index in [2.05, 4.69) is 15.9 Å². The summed E-state index contributed by atoms with van der Waals surface area (Å²) in [5.41, 5.74) is 1.59. The van der Waals surface area contributed by atoms with Crippen LogP contribution in [0.2, 0.25) is 0 Å². The van der Waals surface area contributed by atoms with Gasteiger partial charge in [-0.05, 0) is 40.5 Å². The largest absolute Gasteiger partial charge is 0.361 e. The first-order valence-corrected chi connectivity index (χ1v) is 6.65. The maximum Gasteiger partial charge on any atom is 0.241 e. The number of carbonyl (C=O) groups is 2. The van der Waals surface area contributed by atoms with Crippen LogP contribution in [0.1, 0.15) is 16.8 Å². The second-order valence-electron chi connectivity index (χ2n) is 4.42. The summed E-state index contributed by atoms with van der Waals surface area (Å²) in [5.74, 6) is 0.124. The van der Waals surface area contributed by atoms with Gasteiger partial charge in [0.05, 0.1) is 12.2 Å². The van der Waals surface area contributed by atoms with Gasteiger partial charge in [-0.1, -0.05) is 0 Å². The maximum absolute atomic E-state index is 11.8. The van der Waals surface area contributed by atoms with Crippen molar-refractivity contribution < 1.29 is 9.59 Å². The highest BCUT2D eigenvalue weighted by Crippen LogP contribution is 2.27. The molecular weight excluding hydrogens is 296 g/mol. The molecule has 1 aromatic rings. The van der Waals surface area contributed by atoms with Crippen molar-refractivity contribution in [2.45, 2.75) is 6.42 Å². The van der Waals surface area contributed by atoms with E-state index in [0.29, 0.717) is 12.1 Å². The lowest BCUT2D eigenvalue weighted by Gasteiger charge is -2.23. The van der Waals surface area contributed by atoms with Crippen molar-refractivity contribution >= 4 is 33.8 Å². The lowest BCUT2D eigenvalue weighted by Crippen LogP contribution is -2.34. The van der Waals surface area contributed by atoms with E-state index in [9.17, 15) is 9.59 Å². The Morgan fingerprint density at radius 1 is 1.33 bits per heavy atom. The van der Waals surface area contributed by atoms with Gasteiger partial charge in [0.25, 0.3) is 0 Å². The molecule has 1 aromatic carbocycles. The van der Waals surface area contributed by atoms with Crippen LogP contribution in [-0.4, -0.2) is 43.8 Å². The first kappa shape index (κ1) is 13.1. The van der Waals surface area contributed by atoms with Gasteiger partial charge in [0.15, 0.2) is 0 Å². The fourth-order valence-electron chi connectivity index (χ4n) is 2.05. The van der Waals surface area contributed by atoms with E-state index < -0.39 is 0 Å². The molecule has 0 atom stereocenters. The van der Waals surface area contributed by atoms with Gasteiger partial charge in [0, 0.05) is 30.2 Å². The molecule has 0 spiro atoms. The molecular formula is C13H15BrN2O2. The quantitative estimate of drug-likeness (QED) is 0.784. The predicted molar refractivity (Wildman–Crippen MR) is 74.0 cm³/mol. The molecule has 0 aliphatic carbocycles. The number of rotatable bonds is 2. The van der Waals surface area contributed by atoms with Gasteiger partial charge in [0.2, 0.25) is 5.91 Å². The summed E-state index contributed by atoms with van der Waals surface area (Å²) in [6, 6.07) is 5.43. The number of aldehydes is 1. The van der Waals surface area contributed by atoms with Gasteiger partial charge in [-0.3, -0.25) is 9.59 Å². The number of amides is 1. The zero-order valence-electron chi connectivity index (χ0n) is 10.2. The smallest absolute Gasteiger partial charge is 0.241 e. The molecule has 0 bridgehead atoms. The van der Waals surface area contributed by atoms with Crippen LogP contribution in [0.25, 0.3) is 0 Å². The number of carbonyl (C=O) groups excluding carboxylic acids is 2. The van der Waals surface area contributed by atoms with Gasteiger partial charge in [-0.2, -0.15) is 0 Å². The summed E-state index contributed by atoms with van der Waals surface area (Å²) in [7, 11) is 1.83. The minimum Gasteiger partial charge on any atom is -0.361 e. The molecule has 1 amide bonds. The molecule has 96 valence electrons. The van der Waals surface area contributed by atoms with Gasteiger partial charge < -0.3 is 9.80 Å². The summed E-state index contributed by atoms with van der Waals surface area (Å²) >= 11 is 3.46. The molecule has 18 heavy (non-hydrogen) atoms. The van der Waals surface area contributed by atoms with E-state index in [1.54, 1.807) is 17.0 Å². The topological polar surface area (TPSA) is 40.6 Å². The molecule has 0 saturated carbocycles. The van der Waals surface area contributed by atoms with Crippen molar-refractivity contribution in [3.05, 3.63) is 28.2 Å². The van der Waals surface area contributed by atoms with Crippen molar-refractivity contribution in [1.82, 2.24) is 4.90 Å². The third-order valence-corrected chi connectivity index (χ3v) is 3.76. The Morgan fingerprint density at radius 2 is 2.11 bits per heavy atom. The molecule has 5 heteroatoms. The van der Waals surface area contributed by atoms with Gasteiger partial charge in [-0.25, -0.2) is 0 Å². The van der Waals surface area contributed by atoms with Crippen LogP contribution < -0.4 is 4.90 Å². The Bertz CT molecular complexity index is 476. The normalized spacial score (nSPS) is 16.7. The van der Waals surface area contributed by atoms with E-state index in [1.165, 1.54) is 0 Å². The van der Waals surface area contributed by atoms with Crippen LogP contribution in [0, 0.1) is 0 Å². The first-order valence-electron chi connectivity index (χ1n) is 5.85. The molecule has 1 aliphatic heterocycles. The van der Waals surface area contributed by atoms with Crippen molar-refractivity contribution in [2.75, 3.05) is 31.6 Å². The average molecular weight is 311 g/mol. The highest BCUT2D eigenvalue weighted by molar-refractivity contribution is 9.10. The third-order valence-electron chi connectivity index (χ3n) is 3.12. The minimum absolute atomic E-state index is 0.124. The molecule has 2 rings (SSSR count). The van der Waals surface area contributed by atoms with Crippen LogP contribution in [0.15, 0.2) is 22.7 Å². The van der Waals surface area contributed by atoms with Crippen molar-refractivity contribution in [3.63, 3.8) is 0 Å². The standard InChI is InChI=1S/C13H15BrN2O2/c1-15-5-2-6-16(8-13(15)18)12-4-3-10(9-17)7-11(12)14/h3-4,7,9H,2,5-6,8H2,1H3.